The van der Waals surface area contributed by atoms with E-state index in [1.165, 1.54) is 18.5 Å². The van der Waals surface area contributed by atoms with E-state index in [9.17, 15) is 0 Å². The lowest BCUT2D eigenvalue weighted by Crippen LogP contribution is -2.40. The number of nitrogens with zero attached hydrogens (tertiary/aromatic N) is 2. The molecule has 27 heavy (non-hydrogen) atoms. The normalized spacial score (nSPS) is 30.2. The first-order chi connectivity index (χ1) is 13.1. The maximum Gasteiger partial charge on any atom is 0.164 e. The molecule has 1 saturated carbocycles. The molecule has 1 aromatic rings. The molecule has 5 N–H and O–H groups in total. The average Bonchev–Trinajstić information content (AvgIpc) is 3.34. The molecule has 0 radical (unpaired) electrons. The van der Waals surface area contributed by atoms with E-state index in [0.29, 0.717) is 23.3 Å². The molecular formula is C19H25N5O3. The zero-order valence-corrected chi connectivity index (χ0v) is 15.4. The number of nitrogens with two attached hydrogens (primary N) is 2. The fourth-order valence-corrected chi connectivity index (χ4v) is 4.01. The van der Waals surface area contributed by atoms with Gasteiger partial charge in [0.25, 0.3) is 0 Å². The van der Waals surface area contributed by atoms with Gasteiger partial charge in [-0.25, -0.2) is 10.2 Å². The van der Waals surface area contributed by atoms with Crippen molar-refractivity contribution in [3.05, 3.63) is 52.5 Å². The minimum Gasteiger partial charge on any atom is -0.498 e. The molecule has 4 aliphatic rings. The van der Waals surface area contributed by atoms with Crippen LogP contribution in [0.2, 0.25) is 0 Å². The maximum absolute atomic E-state index is 6.81. The van der Waals surface area contributed by atoms with Crippen molar-refractivity contribution in [2.45, 2.75) is 49.8 Å². The molecule has 2 unspecified atom stereocenters. The molecule has 0 bridgehead atoms. The number of aromatic nitrogens is 2. The second-order valence-corrected chi connectivity index (χ2v) is 7.62. The van der Waals surface area contributed by atoms with Gasteiger partial charge in [0.2, 0.25) is 0 Å². The van der Waals surface area contributed by atoms with Gasteiger partial charge in [0.15, 0.2) is 5.76 Å². The van der Waals surface area contributed by atoms with Gasteiger partial charge >= 0.3 is 0 Å². The molecule has 1 aromatic heterocycles. The van der Waals surface area contributed by atoms with E-state index >= 15 is 0 Å². The Bertz CT molecular complexity index is 861. The lowest BCUT2D eigenvalue weighted by atomic mass is 9.86. The molecule has 144 valence electrons. The molecule has 2 aliphatic carbocycles. The third-order valence-electron chi connectivity index (χ3n) is 5.70. The fraction of sp³-hybridized carbons (Fsp3) is 0.526. The van der Waals surface area contributed by atoms with E-state index in [0.717, 1.165) is 37.1 Å². The maximum atomic E-state index is 6.81. The molecular weight excluding hydrogens is 346 g/mol. The summed E-state index contributed by atoms with van der Waals surface area (Å²) in [6, 6.07) is 2.10. The second-order valence-electron chi connectivity index (χ2n) is 7.62. The number of hydrogen-bond acceptors (Lipinski definition) is 7. The summed E-state index contributed by atoms with van der Waals surface area (Å²) < 4.78 is 13.7. The van der Waals surface area contributed by atoms with E-state index in [2.05, 4.69) is 11.5 Å². The van der Waals surface area contributed by atoms with Gasteiger partial charge in [-0.3, -0.25) is 0 Å². The van der Waals surface area contributed by atoms with Gasteiger partial charge in [-0.1, -0.05) is 0 Å². The van der Waals surface area contributed by atoms with Crippen molar-refractivity contribution < 1.29 is 14.3 Å². The Morgan fingerprint density at radius 2 is 2.19 bits per heavy atom. The summed E-state index contributed by atoms with van der Waals surface area (Å²) in [7, 11) is 1.61. The molecule has 2 atom stereocenters. The van der Waals surface area contributed by atoms with Crippen LogP contribution in [-0.4, -0.2) is 23.5 Å². The van der Waals surface area contributed by atoms with Crippen LogP contribution < -0.4 is 16.9 Å². The number of ether oxygens (including phenoxy) is 2. The number of hydrogen-bond donors (Lipinski definition) is 3. The molecule has 0 aromatic carbocycles. The summed E-state index contributed by atoms with van der Waals surface area (Å²) >= 11 is 0. The van der Waals surface area contributed by atoms with Gasteiger partial charge in [0.05, 0.1) is 18.4 Å². The van der Waals surface area contributed by atoms with Crippen LogP contribution in [0.1, 0.15) is 55.6 Å². The largest absolute Gasteiger partial charge is 0.498 e. The van der Waals surface area contributed by atoms with Crippen molar-refractivity contribution in [1.82, 2.24) is 15.3 Å². The molecule has 0 amide bonds. The molecule has 3 heterocycles. The van der Waals surface area contributed by atoms with Crippen LogP contribution >= 0.6 is 0 Å². The number of allylic oxidation sites excluding steroid dienone is 1. The first kappa shape index (κ1) is 16.7. The third kappa shape index (κ3) is 2.62. The van der Waals surface area contributed by atoms with Crippen LogP contribution in [0.25, 0.3) is 0 Å². The topological polar surface area (TPSA) is 110 Å². The van der Waals surface area contributed by atoms with E-state index < -0.39 is 5.54 Å². The van der Waals surface area contributed by atoms with Crippen LogP contribution in [0, 0.1) is 0 Å². The van der Waals surface area contributed by atoms with Crippen molar-refractivity contribution in [2.24, 2.45) is 11.5 Å². The number of hydroxylamine groups is 1. The van der Waals surface area contributed by atoms with E-state index in [1.54, 1.807) is 7.11 Å². The van der Waals surface area contributed by atoms with Crippen molar-refractivity contribution in [3.8, 4) is 0 Å². The van der Waals surface area contributed by atoms with Crippen LogP contribution in [0.15, 0.2) is 41.1 Å². The lowest BCUT2D eigenvalue weighted by molar-refractivity contribution is -0.0414. The highest BCUT2D eigenvalue weighted by molar-refractivity contribution is 5.53. The summed E-state index contributed by atoms with van der Waals surface area (Å²) in [5.74, 6) is 2.14. The number of nitrogens with one attached hydrogen (secondary N) is 1. The summed E-state index contributed by atoms with van der Waals surface area (Å²) in [6.07, 6.45) is 9.21. The highest BCUT2D eigenvalue weighted by Gasteiger charge is 2.43. The molecule has 8 heteroatoms. The van der Waals surface area contributed by atoms with Crippen molar-refractivity contribution >= 4 is 0 Å². The van der Waals surface area contributed by atoms with Gasteiger partial charge < -0.3 is 25.8 Å². The third-order valence-corrected chi connectivity index (χ3v) is 5.70. The molecule has 0 spiro atoms. The fourth-order valence-electron chi connectivity index (χ4n) is 4.01. The van der Waals surface area contributed by atoms with Crippen molar-refractivity contribution in [1.29, 1.82) is 0 Å². The highest BCUT2D eigenvalue weighted by atomic mass is 16.7. The minimum atomic E-state index is -1.02. The highest BCUT2D eigenvalue weighted by Crippen LogP contribution is 2.45. The standard InChI is InChI=1S/C19H25N5O3/c1-25-16-8-12-14(27-23-18(12)20)10-19(16,21)15-9-13(11-5-6-11)24(22-15)17-4-2-3-7-26-17/h8-11,17,23H,2-7,20-21H2,1H3. The van der Waals surface area contributed by atoms with Gasteiger partial charge in [-0.05, 0) is 50.3 Å². The Balaban J connectivity index is 1.58. The lowest BCUT2D eigenvalue weighted by Gasteiger charge is -2.29. The van der Waals surface area contributed by atoms with Crippen LogP contribution in [0.3, 0.4) is 0 Å². The monoisotopic (exact) mass is 371 g/mol. The Kier molecular flexibility index (Phi) is 3.73. The number of rotatable bonds is 4. The predicted molar refractivity (Wildman–Crippen MR) is 97.5 cm³/mol. The Morgan fingerprint density at radius 3 is 2.89 bits per heavy atom. The Hall–Kier alpha value is -2.45. The van der Waals surface area contributed by atoms with E-state index in [4.69, 9.17) is 30.9 Å². The van der Waals surface area contributed by atoms with E-state index in [-0.39, 0.29) is 6.23 Å². The quantitative estimate of drug-likeness (QED) is 0.739. The average molecular weight is 371 g/mol. The van der Waals surface area contributed by atoms with Crippen molar-refractivity contribution in [3.63, 3.8) is 0 Å². The Morgan fingerprint density at radius 1 is 1.33 bits per heavy atom. The van der Waals surface area contributed by atoms with Gasteiger partial charge in [0.1, 0.15) is 23.3 Å². The van der Waals surface area contributed by atoms with Gasteiger partial charge in [-0.15, -0.1) is 0 Å². The smallest absolute Gasteiger partial charge is 0.164 e. The summed E-state index contributed by atoms with van der Waals surface area (Å²) in [4.78, 5) is 5.46. The zero-order chi connectivity index (χ0) is 18.6. The van der Waals surface area contributed by atoms with Gasteiger partial charge in [-0.2, -0.15) is 5.10 Å². The summed E-state index contributed by atoms with van der Waals surface area (Å²) in [5.41, 5.74) is 17.1. The Labute approximate surface area is 157 Å². The van der Waals surface area contributed by atoms with Crippen LogP contribution in [0.5, 0.6) is 0 Å². The van der Waals surface area contributed by atoms with Crippen molar-refractivity contribution in [2.75, 3.05) is 13.7 Å². The summed E-state index contributed by atoms with van der Waals surface area (Å²) in [5, 5.41) is 4.90. The number of fused-ring (bicyclic) bond motifs is 1. The molecule has 2 aliphatic heterocycles. The zero-order valence-electron chi connectivity index (χ0n) is 15.4. The minimum absolute atomic E-state index is 0.0200. The predicted octanol–water partition coefficient (Wildman–Crippen LogP) is 1.75. The summed E-state index contributed by atoms with van der Waals surface area (Å²) in [6.45, 7) is 0.776. The van der Waals surface area contributed by atoms with Gasteiger partial charge in [0, 0.05) is 18.2 Å². The second kappa shape index (κ2) is 6.03. The SMILES string of the molecule is COC1=CC2=C(N)NOC2=CC1(N)c1cc(C2CC2)n(C2CCCCO2)n1. The van der Waals surface area contributed by atoms with E-state index in [1.807, 2.05) is 16.8 Å². The number of methoxy groups -OCH3 is 1. The van der Waals surface area contributed by atoms with Crippen LogP contribution in [-0.2, 0) is 19.9 Å². The molecule has 5 rings (SSSR count). The molecule has 2 fully saturated rings. The first-order valence-electron chi connectivity index (χ1n) is 9.52. The first-order valence-corrected chi connectivity index (χ1v) is 9.52. The molecule has 1 saturated heterocycles. The molecule has 8 nitrogen and oxygen atoms in total. The van der Waals surface area contributed by atoms with Crippen LogP contribution in [0.4, 0.5) is 0 Å².